The summed E-state index contributed by atoms with van der Waals surface area (Å²) in [4.78, 5) is 0. The van der Waals surface area contributed by atoms with Crippen molar-refractivity contribution >= 4 is 0 Å². The van der Waals surface area contributed by atoms with Crippen molar-refractivity contribution in [1.29, 1.82) is 0 Å². The van der Waals surface area contributed by atoms with Gasteiger partial charge in [0.1, 0.15) is 0 Å². The molecule has 0 aliphatic heterocycles. The van der Waals surface area contributed by atoms with E-state index in [-0.39, 0.29) is 0 Å². The van der Waals surface area contributed by atoms with Crippen LogP contribution in [0.2, 0.25) is 0 Å². The number of hydrogen-bond donors (Lipinski definition) is 1. The Morgan fingerprint density at radius 1 is 1.28 bits per heavy atom. The molecular weight excluding hydrogens is 218 g/mol. The zero-order chi connectivity index (χ0) is 12.5. The summed E-state index contributed by atoms with van der Waals surface area (Å²) in [6.07, 6.45) is 7.01. The second kappa shape index (κ2) is 5.05. The molecule has 0 bridgehead atoms. The second-order valence-electron chi connectivity index (χ2n) is 6.53. The molecule has 18 heavy (non-hydrogen) atoms. The van der Waals surface area contributed by atoms with Gasteiger partial charge in [0.05, 0.1) is 0 Å². The van der Waals surface area contributed by atoms with Crippen molar-refractivity contribution in [2.24, 2.45) is 5.92 Å². The minimum Gasteiger partial charge on any atom is -0.311 e. The van der Waals surface area contributed by atoms with E-state index in [1.54, 1.807) is 5.56 Å². The monoisotopic (exact) mass is 243 g/mol. The van der Waals surface area contributed by atoms with Crippen LogP contribution < -0.4 is 5.32 Å². The lowest BCUT2D eigenvalue weighted by molar-refractivity contribution is 0.262. The fraction of sp³-hybridized carbons (Fsp3) is 0.647. The van der Waals surface area contributed by atoms with Gasteiger partial charge in [0.2, 0.25) is 0 Å². The summed E-state index contributed by atoms with van der Waals surface area (Å²) < 4.78 is 0. The minimum absolute atomic E-state index is 0.723. The third kappa shape index (κ3) is 2.95. The van der Waals surface area contributed by atoms with E-state index < -0.39 is 0 Å². The standard InChI is InChI=1S/C17H25N/c1-12-4-3-5-15(8-12)16-10-17(11-16)18-13(2)9-14-6-7-14/h3-5,8,13-14,16-18H,6-7,9-11H2,1-2H3. The van der Waals surface area contributed by atoms with Crippen LogP contribution in [0.3, 0.4) is 0 Å². The van der Waals surface area contributed by atoms with Crippen LogP contribution in [0.4, 0.5) is 0 Å². The molecule has 1 N–H and O–H groups in total. The van der Waals surface area contributed by atoms with E-state index in [4.69, 9.17) is 0 Å². The third-order valence-electron chi connectivity index (χ3n) is 4.56. The molecule has 2 fully saturated rings. The number of nitrogens with one attached hydrogen (secondary N) is 1. The topological polar surface area (TPSA) is 12.0 Å². The number of hydrogen-bond acceptors (Lipinski definition) is 1. The first kappa shape index (κ1) is 12.2. The molecule has 2 aliphatic carbocycles. The first-order valence-electron chi connectivity index (χ1n) is 7.53. The Labute approximate surface area is 111 Å². The molecule has 0 aromatic heterocycles. The molecule has 1 heteroatoms. The van der Waals surface area contributed by atoms with Gasteiger partial charge in [0.15, 0.2) is 0 Å². The van der Waals surface area contributed by atoms with Crippen molar-refractivity contribution < 1.29 is 0 Å². The van der Waals surface area contributed by atoms with E-state index in [2.05, 4.69) is 43.4 Å². The Bertz CT molecular complexity index is 402. The van der Waals surface area contributed by atoms with Gasteiger partial charge in [-0.05, 0) is 50.5 Å². The lowest BCUT2D eigenvalue weighted by Crippen LogP contribution is -2.44. The third-order valence-corrected chi connectivity index (χ3v) is 4.56. The predicted octanol–water partition coefficient (Wildman–Crippen LogP) is 4.02. The van der Waals surface area contributed by atoms with Gasteiger partial charge in [0, 0.05) is 12.1 Å². The summed E-state index contributed by atoms with van der Waals surface area (Å²) in [7, 11) is 0. The lowest BCUT2D eigenvalue weighted by atomic mass is 9.75. The van der Waals surface area contributed by atoms with Crippen molar-refractivity contribution in [1.82, 2.24) is 5.32 Å². The maximum atomic E-state index is 3.80. The fourth-order valence-electron chi connectivity index (χ4n) is 3.27. The van der Waals surface area contributed by atoms with Crippen molar-refractivity contribution in [3.63, 3.8) is 0 Å². The molecule has 1 aromatic rings. The summed E-state index contributed by atoms with van der Waals surface area (Å²) in [5.41, 5.74) is 2.94. The van der Waals surface area contributed by atoms with Crippen LogP contribution in [0.15, 0.2) is 24.3 Å². The first-order chi connectivity index (χ1) is 8.70. The molecule has 2 aliphatic rings. The maximum absolute atomic E-state index is 3.80. The summed E-state index contributed by atoms with van der Waals surface area (Å²) in [6, 6.07) is 10.5. The molecule has 1 atom stereocenters. The van der Waals surface area contributed by atoms with Gasteiger partial charge in [-0.2, -0.15) is 0 Å². The Hall–Kier alpha value is -0.820. The highest BCUT2D eigenvalue weighted by molar-refractivity contribution is 5.27. The van der Waals surface area contributed by atoms with E-state index in [9.17, 15) is 0 Å². The largest absolute Gasteiger partial charge is 0.311 e. The summed E-state index contributed by atoms with van der Waals surface area (Å²) in [5.74, 6) is 1.84. The second-order valence-corrected chi connectivity index (χ2v) is 6.53. The van der Waals surface area contributed by atoms with Gasteiger partial charge < -0.3 is 5.32 Å². The maximum Gasteiger partial charge on any atom is 0.00812 e. The van der Waals surface area contributed by atoms with E-state index >= 15 is 0 Å². The molecule has 0 saturated heterocycles. The highest BCUT2D eigenvalue weighted by atomic mass is 15.0. The summed E-state index contributed by atoms with van der Waals surface area (Å²) >= 11 is 0. The molecule has 0 radical (unpaired) electrons. The molecule has 3 rings (SSSR count). The highest BCUT2D eigenvalue weighted by Gasteiger charge is 2.32. The molecule has 98 valence electrons. The normalized spacial score (nSPS) is 28.8. The Morgan fingerprint density at radius 3 is 2.72 bits per heavy atom. The SMILES string of the molecule is Cc1cccc(C2CC(NC(C)CC3CC3)C2)c1. The molecule has 1 nitrogen and oxygen atoms in total. The Kier molecular flexibility index (Phi) is 3.43. The van der Waals surface area contributed by atoms with Crippen LogP contribution in [0, 0.1) is 12.8 Å². The van der Waals surface area contributed by atoms with Crippen LogP contribution >= 0.6 is 0 Å². The van der Waals surface area contributed by atoms with Crippen LogP contribution in [0.5, 0.6) is 0 Å². The number of benzene rings is 1. The van der Waals surface area contributed by atoms with Crippen molar-refractivity contribution in [2.75, 3.05) is 0 Å². The quantitative estimate of drug-likeness (QED) is 0.823. The zero-order valence-electron chi connectivity index (χ0n) is 11.7. The summed E-state index contributed by atoms with van der Waals surface area (Å²) in [6.45, 7) is 4.55. The fourth-order valence-corrected chi connectivity index (χ4v) is 3.27. The molecule has 0 amide bonds. The molecule has 1 aromatic carbocycles. The molecular formula is C17H25N. The average molecular weight is 243 g/mol. The zero-order valence-corrected chi connectivity index (χ0v) is 11.7. The Balaban J connectivity index is 1.44. The van der Waals surface area contributed by atoms with Gasteiger partial charge in [-0.1, -0.05) is 42.7 Å². The van der Waals surface area contributed by atoms with Gasteiger partial charge in [-0.25, -0.2) is 0 Å². The van der Waals surface area contributed by atoms with E-state index in [0.717, 1.165) is 23.9 Å². The predicted molar refractivity (Wildman–Crippen MR) is 76.9 cm³/mol. The number of aryl methyl sites for hydroxylation is 1. The smallest absolute Gasteiger partial charge is 0.00812 e. The average Bonchev–Trinajstić information content (AvgIpc) is 3.06. The van der Waals surface area contributed by atoms with E-state index in [0.29, 0.717) is 0 Å². The van der Waals surface area contributed by atoms with Crippen LogP contribution in [-0.2, 0) is 0 Å². The minimum atomic E-state index is 0.723. The molecule has 0 heterocycles. The lowest BCUT2D eigenvalue weighted by Gasteiger charge is -2.38. The van der Waals surface area contributed by atoms with Crippen LogP contribution in [0.1, 0.15) is 56.1 Å². The van der Waals surface area contributed by atoms with Gasteiger partial charge >= 0.3 is 0 Å². The van der Waals surface area contributed by atoms with Crippen molar-refractivity contribution in [3.8, 4) is 0 Å². The van der Waals surface area contributed by atoms with E-state index in [1.807, 2.05) is 0 Å². The molecule has 2 saturated carbocycles. The number of rotatable bonds is 5. The molecule has 0 spiro atoms. The van der Waals surface area contributed by atoms with Gasteiger partial charge in [-0.3, -0.25) is 0 Å². The highest BCUT2D eigenvalue weighted by Crippen LogP contribution is 2.38. The summed E-state index contributed by atoms with van der Waals surface area (Å²) in [5, 5.41) is 3.80. The van der Waals surface area contributed by atoms with Gasteiger partial charge in [0.25, 0.3) is 0 Å². The van der Waals surface area contributed by atoms with Crippen LogP contribution in [-0.4, -0.2) is 12.1 Å². The van der Waals surface area contributed by atoms with E-state index in [1.165, 1.54) is 37.7 Å². The first-order valence-corrected chi connectivity index (χ1v) is 7.53. The molecule has 1 unspecified atom stereocenters. The van der Waals surface area contributed by atoms with Crippen molar-refractivity contribution in [2.45, 2.75) is 64.0 Å². The Morgan fingerprint density at radius 2 is 2.06 bits per heavy atom. The van der Waals surface area contributed by atoms with Crippen molar-refractivity contribution in [3.05, 3.63) is 35.4 Å². The van der Waals surface area contributed by atoms with Crippen LogP contribution in [0.25, 0.3) is 0 Å². The van der Waals surface area contributed by atoms with Gasteiger partial charge in [-0.15, -0.1) is 0 Å².